The van der Waals surface area contributed by atoms with Crippen molar-refractivity contribution in [3.63, 3.8) is 0 Å². The van der Waals surface area contributed by atoms with Gasteiger partial charge < -0.3 is 24.3 Å². The molecular weight excluding hydrogens is 562 g/mol. The van der Waals surface area contributed by atoms with Crippen LogP contribution in [0.25, 0.3) is 0 Å². The lowest BCUT2D eigenvalue weighted by Crippen LogP contribution is -2.29. The van der Waals surface area contributed by atoms with Gasteiger partial charge in [-0.3, -0.25) is 4.79 Å². The van der Waals surface area contributed by atoms with E-state index in [4.69, 9.17) is 9.47 Å². The summed E-state index contributed by atoms with van der Waals surface area (Å²) in [6, 6.07) is 0. The summed E-state index contributed by atoms with van der Waals surface area (Å²) < 4.78 is 11.2. The highest BCUT2D eigenvalue weighted by atomic mass is 16.5. The molecule has 2 atom stereocenters. The van der Waals surface area contributed by atoms with Crippen molar-refractivity contribution >= 4 is 12.3 Å². The lowest BCUT2D eigenvalue weighted by atomic mass is 10.1. The first-order valence-electron chi connectivity index (χ1n) is 19.5. The zero-order chi connectivity index (χ0) is 33.6. The van der Waals surface area contributed by atoms with Gasteiger partial charge in [-0.2, -0.15) is 0 Å². The van der Waals surface area contributed by atoms with Crippen LogP contribution in [-0.2, 0) is 19.1 Å². The molecular formula is C39H79NO5. The quantitative estimate of drug-likeness (QED) is 0.0428. The number of aliphatic hydroxyl groups is 1. The Morgan fingerprint density at radius 2 is 1.07 bits per heavy atom. The van der Waals surface area contributed by atoms with Crippen LogP contribution in [-0.4, -0.2) is 67.8 Å². The predicted molar refractivity (Wildman–Crippen MR) is 193 cm³/mol. The Kier molecular flexibility index (Phi) is 40.2. The van der Waals surface area contributed by atoms with Gasteiger partial charge in [0.1, 0.15) is 12.4 Å². The second kappa shape index (κ2) is 39.2. The smallest absolute Gasteiger partial charge is 0.306 e. The molecule has 6 heteroatoms. The Balaban J connectivity index is 0. The molecule has 0 spiro atoms. The van der Waals surface area contributed by atoms with Gasteiger partial charge in [-0.25, -0.2) is 0 Å². The van der Waals surface area contributed by atoms with E-state index in [2.05, 4.69) is 32.6 Å². The van der Waals surface area contributed by atoms with Crippen LogP contribution in [0, 0.1) is 0 Å². The number of hydrogen-bond acceptors (Lipinski definition) is 6. The third kappa shape index (κ3) is 35.7. The Labute approximate surface area is 281 Å². The second-order valence-corrected chi connectivity index (χ2v) is 13.1. The standard InChI is InChI=1S/C28H55NO4.C11H24O/c1-3-5-14-20-27(19-6-4-2)33-28(32)21-15-10-9-12-17-23-29(24-26-31)22-16-11-7-8-13-18-25-30;1-4-6-8-10-11(12-3)9-7-5-2/h25,27,31H,3-24,26H2,1-2H3;11H,4-10H2,1-3H3. The molecule has 0 aliphatic carbocycles. The molecule has 270 valence electrons. The first-order valence-corrected chi connectivity index (χ1v) is 19.5. The van der Waals surface area contributed by atoms with Crippen molar-refractivity contribution in [2.24, 2.45) is 0 Å². The summed E-state index contributed by atoms with van der Waals surface area (Å²) in [4.78, 5) is 24.9. The molecule has 1 N–H and O–H groups in total. The van der Waals surface area contributed by atoms with E-state index in [1.54, 1.807) is 0 Å². The molecule has 0 aromatic rings. The van der Waals surface area contributed by atoms with E-state index in [0.717, 1.165) is 96.5 Å². The van der Waals surface area contributed by atoms with Gasteiger partial charge in [0.25, 0.3) is 0 Å². The van der Waals surface area contributed by atoms with Gasteiger partial charge in [0, 0.05) is 26.5 Å². The molecule has 0 saturated carbocycles. The summed E-state index contributed by atoms with van der Waals surface area (Å²) in [6.45, 7) is 12.0. The Morgan fingerprint density at radius 1 is 0.600 bits per heavy atom. The van der Waals surface area contributed by atoms with Crippen LogP contribution in [0.3, 0.4) is 0 Å². The molecule has 0 radical (unpaired) electrons. The first kappa shape index (κ1) is 46.1. The summed E-state index contributed by atoms with van der Waals surface area (Å²) in [6.07, 6.45) is 31.1. The average Bonchev–Trinajstić information content (AvgIpc) is 3.04. The monoisotopic (exact) mass is 642 g/mol. The van der Waals surface area contributed by atoms with Crippen LogP contribution >= 0.6 is 0 Å². The summed E-state index contributed by atoms with van der Waals surface area (Å²) in [7, 11) is 1.84. The molecule has 0 aromatic carbocycles. The minimum atomic E-state index is -0.00659. The SMILES string of the molecule is CCCCCC(CCCC)OC.CCCCCC(CCCC)OC(=O)CCCCCCCN(CCO)CCCCCCCC=O. The van der Waals surface area contributed by atoms with E-state index in [1.807, 2.05) is 7.11 Å². The Hall–Kier alpha value is -0.980. The van der Waals surface area contributed by atoms with Crippen LogP contribution < -0.4 is 0 Å². The van der Waals surface area contributed by atoms with E-state index in [-0.39, 0.29) is 18.7 Å². The molecule has 0 aromatic heterocycles. The van der Waals surface area contributed by atoms with Gasteiger partial charge >= 0.3 is 5.97 Å². The number of rotatable bonds is 34. The van der Waals surface area contributed by atoms with Gasteiger partial charge in [0.15, 0.2) is 0 Å². The normalized spacial score (nSPS) is 12.5. The van der Waals surface area contributed by atoms with E-state index >= 15 is 0 Å². The van der Waals surface area contributed by atoms with E-state index in [9.17, 15) is 14.7 Å². The van der Waals surface area contributed by atoms with Gasteiger partial charge in [-0.1, -0.05) is 124 Å². The molecule has 6 nitrogen and oxygen atoms in total. The van der Waals surface area contributed by atoms with Crippen molar-refractivity contribution in [1.29, 1.82) is 0 Å². The van der Waals surface area contributed by atoms with Gasteiger partial charge in [0.2, 0.25) is 0 Å². The summed E-state index contributed by atoms with van der Waals surface area (Å²) in [5.74, 6) is -0.00659. The fourth-order valence-corrected chi connectivity index (χ4v) is 5.70. The summed E-state index contributed by atoms with van der Waals surface area (Å²) >= 11 is 0. The minimum absolute atomic E-state index is 0.00659. The molecule has 0 aliphatic rings. The highest BCUT2D eigenvalue weighted by Crippen LogP contribution is 2.16. The maximum Gasteiger partial charge on any atom is 0.306 e. The minimum Gasteiger partial charge on any atom is -0.462 e. The van der Waals surface area contributed by atoms with Crippen LogP contribution in [0.4, 0.5) is 0 Å². The van der Waals surface area contributed by atoms with Crippen molar-refractivity contribution in [2.45, 2.75) is 207 Å². The van der Waals surface area contributed by atoms with Crippen molar-refractivity contribution in [2.75, 3.05) is 33.4 Å². The third-order valence-electron chi connectivity index (χ3n) is 8.72. The van der Waals surface area contributed by atoms with E-state index < -0.39 is 0 Å². The van der Waals surface area contributed by atoms with Crippen molar-refractivity contribution in [3.05, 3.63) is 0 Å². The molecule has 0 amide bonds. The maximum absolute atomic E-state index is 12.2. The molecule has 0 saturated heterocycles. The highest BCUT2D eigenvalue weighted by molar-refractivity contribution is 5.69. The average molecular weight is 642 g/mol. The predicted octanol–water partition coefficient (Wildman–Crippen LogP) is 10.6. The summed E-state index contributed by atoms with van der Waals surface area (Å²) in [5, 5.41) is 9.31. The summed E-state index contributed by atoms with van der Waals surface area (Å²) in [5.41, 5.74) is 0. The topological polar surface area (TPSA) is 76.1 Å². The lowest BCUT2D eigenvalue weighted by Gasteiger charge is -2.21. The number of methoxy groups -OCH3 is 1. The highest BCUT2D eigenvalue weighted by Gasteiger charge is 2.14. The van der Waals surface area contributed by atoms with Crippen LogP contribution in [0.15, 0.2) is 0 Å². The van der Waals surface area contributed by atoms with Gasteiger partial charge in [0.05, 0.1) is 12.7 Å². The molecule has 2 unspecified atom stereocenters. The molecule has 0 bridgehead atoms. The van der Waals surface area contributed by atoms with Crippen LogP contribution in [0.1, 0.15) is 195 Å². The fourth-order valence-electron chi connectivity index (χ4n) is 5.70. The Morgan fingerprint density at radius 3 is 1.58 bits per heavy atom. The maximum atomic E-state index is 12.2. The zero-order valence-electron chi connectivity index (χ0n) is 31.0. The van der Waals surface area contributed by atoms with Gasteiger partial charge in [-0.15, -0.1) is 0 Å². The number of hydrogen-bond donors (Lipinski definition) is 1. The zero-order valence-corrected chi connectivity index (χ0v) is 31.0. The largest absolute Gasteiger partial charge is 0.462 e. The van der Waals surface area contributed by atoms with Crippen LogP contribution in [0.5, 0.6) is 0 Å². The number of carbonyl (C=O) groups is 2. The number of carbonyl (C=O) groups excluding carboxylic acids is 2. The number of ether oxygens (including phenoxy) is 2. The van der Waals surface area contributed by atoms with Crippen molar-refractivity contribution < 1.29 is 24.2 Å². The second-order valence-electron chi connectivity index (χ2n) is 13.1. The fraction of sp³-hybridized carbons (Fsp3) is 0.949. The third-order valence-corrected chi connectivity index (χ3v) is 8.72. The van der Waals surface area contributed by atoms with E-state index in [1.165, 1.54) is 83.5 Å². The van der Waals surface area contributed by atoms with Gasteiger partial charge in [-0.05, 0) is 70.9 Å². The molecule has 0 fully saturated rings. The Bertz CT molecular complexity index is 588. The molecule has 0 heterocycles. The lowest BCUT2D eigenvalue weighted by molar-refractivity contribution is -0.150. The molecule has 45 heavy (non-hydrogen) atoms. The number of aliphatic hydroxyl groups excluding tert-OH is 1. The number of esters is 1. The van der Waals surface area contributed by atoms with Crippen LogP contribution in [0.2, 0.25) is 0 Å². The van der Waals surface area contributed by atoms with E-state index in [0.29, 0.717) is 18.9 Å². The number of unbranched alkanes of at least 4 members (excludes halogenated alkanes) is 15. The molecule has 0 rings (SSSR count). The van der Waals surface area contributed by atoms with Crippen molar-refractivity contribution in [1.82, 2.24) is 4.90 Å². The first-order chi connectivity index (χ1) is 22.0. The number of nitrogens with zero attached hydrogens (tertiary/aromatic N) is 1. The number of aldehydes is 1. The molecule has 0 aliphatic heterocycles. The van der Waals surface area contributed by atoms with Crippen molar-refractivity contribution in [3.8, 4) is 0 Å².